The molecule has 11 nitrogen and oxygen atoms in total. The van der Waals surface area contributed by atoms with E-state index >= 15 is 0 Å². The average Bonchev–Trinajstić information content (AvgIpc) is 3.07. The maximum absolute atomic E-state index is 12.6. The number of likely N-dealkylation sites (tertiary alicyclic amines) is 1. The SMILES string of the molecule is O=C(Nc1cccc(OCCN2CCOCC2)c1)N1CC[C@@H]2[C@H]1C(=O)N2S(=O)(=O)O. The third-order valence-corrected chi connectivity index (χ3v) is 6.46. The first-order chi connectivity index (χ1) is 14.3. The van der Waals surface area contributed by atoms with Crippen LogP contribution in [0.3, 0.4) is 0 Å². The number of fused-ring (bicyclic) bond motifs is 1. The van der Waals surface area contributed by atoms with E-state index in [9.17, 15) is 18.0 Å². The Labute approximate surface area is 174 Å². The van der Waals surface area contributed by atoms with E-state index in [4.69, 9.17) is 14.0 Å². The zero-order valence-electron chi connectivity index (χ0n) is 16.3. The number of rotatable bonds is 6. The Bertz CT molecular complexity index is 919. The van der Waals surface area contributed by atoms with Crippen LogP contribution in [-0.4, -0.2) is 97.1 Å². The maximum Gasteiger partial charge on any atom is 0.362 e. The molecular formula is C18H24N4O7S. The van der Waals surface area contributed by atoms with Crippen LogP contribution in [-0.2, 0) is 19.8 Å². The number of nitrogens with one attached hydrogen (secondary N) is 1. The number of morpholine rings is 1. The standard InChI is InChI=1S/C18H24N4O7S/c23-17-16-15(22(17)30(25,26)27)4-5-21(16)18(24)19-13-2-1-3-14(12-13)29-11-8-20-6-9-28-10-7-20/h1-3,12,15-16H,4-11H2,(H,19,24)(H,25,26,27)/t15-,16+/m1/s1. The molecule has 3 saturated heterocycles. The summed E-state index contributed by atoms with van der Waals surface area (Å²) in [6.07, 6.45) is 0.286. The molecule has 1 aromatic rings. The summed E-state index contributed by atoms with van der Waals surface area (Å²) in [5.74, 6) is -0.187. The molecule has 0 saturated carbocycles. The van der Waals surface area contributed by atoms with Crippen molar-refractivity contribution in [2.24, 2.45) is 0 Å². The van der Waals surface area contributed by atoms with Gasteiger partial charge in [-0.15, -0.1) is 0 Å². The fourth-order valence-corrected chi connectivity index (χ4v) is 4.92. The van der Waals surface area contributed by atoms with Crippen molar-refractivity contribution in [3.63, 3.8) is 0 Å². The molecule has 0 aromatic heterocycles. The highest BCUT2D eigenvalue weighted by Crippen LogP contribution is 2.36. The number of urea groups is 1. The number of ether oxygens (including phenoxy) is 2. The molecule has 4 rings (SSSR count). The second kappa shape index (κ2) is 8.38. The summed E-state index contributed by atoms with van der Waals surface area (Å²) in [6, 6.07) is 4.84. The van der Waals surface area contributed by atoms with E-state index in [0.29, 0.717) is 22.3 Å². The van der Waals surface area contributed by atoms with Gasteiger partial charge in [0.25, 0.3) is 5.91 Å². The van der Waals surface area contributed by atoms with Crippen molar-refractivity contribution in [3.8, 4) is 5.75 Å². The quantitative estimate of drug-likeness (QED) is 0.468. The summed E-state index contributed by atoms with van der Waals surface area (Å²) in [7, 11) is -4.60. The second-order valence-electron chi connectivity index (χ2n) is 7.37. The van der Waals surface area contributed by atoms with Crippen LogP contribution in [0.1, 0.15) is 6.42 Å². The molecule has 12 heteroatoms. The van der Waals surface area contributed by atoms with Crippen LogP contribution in [0.15, 0.2) is 24.3 Å². The third kappa shape index (κ3) is 4.21. The van der Waals surface area contributed by atoms with Crippen LogP contribution in [0.5, 0.6) is 5.75 Å². The molecule has 3 amide bonds. The molecule has 0 bridgehead atoms. The van der Waals surface area contributed by atoms with E-state index in [-0.39, 0.29) is 13.0 Å². The van der Waals surface area contributed by atoms with Gasteiger partial charge in [-0.3, -0.25) is 14.2 Å². The van der Waals surface area contributed by atoms with E-state index < -0.39 is 34.3 Å². The Hall–Kier alpha value is -2.41. The molecule has 3 aliphatic heterocycles. The fraction of sp³-hybridized carbons (Fsp3) is 0.556. The number of anilines is 1. The van der Waals surface area contributed by atoms with Crippen molar-refractivity contribution in [2.75, 3.05) is 51.3 Å². The lowest BCUT2D eigenvalue weighted by molar-refractivity contribution is -0.143. The molecule has 2 atom stereocenters. The Balaban J connectivity index is 1.31. The first kappa shape index (κ1) is 20.8. The number of nitrogens with zero attached hydrogens (tertiary/aromatic N) is 3. The van der Waals surface area contributed by atoms with Gasteiger partial charge in [-0.05, 0) is 18.6 Å². The fourth-order valence-electron chi connectivity index (χ4n) is 4.02. The van der Waals surface area contributed by atoms with Gasteiger partial charge in [-0.1, -0.05) is 6.07 Å². The summed E-state index contributed by atoms with van der Waals surface area (Å²) in [4.78, 5) is 28.3. The summed E-state index contributed by atoms with van der Waals surface area (Å²) >= 11 is 0. The lowest BCUT2D eigenvalue weighted by Gasteiger charge is -2.42. The van der Waals surface area contributed by atoms with E-state index in [2.05, 4.69) is 10.2 Å². The Kier molecular flexibility index (Phi) is 5.82. The minimum Gasteiger partial charge on any atom is -0.492 e. The van der Waals surface area contributed by atoms with Crippen molar-refractivity contribution < 1.29 is 32.0 Å². The van der Waals surface area contributed by atoms with Gasteiger partial charge in [0.2, 0.25) is 0 Å². The predicted octanol–water partition coefficient (Wildman–Crippen LogP) is 0.0174. The number of β-lactam (4-membered cyclic amide) rings is 1. The van der Waals surface area contributed by atoms with Crippen molar-refractivity contribution in [1.29, 1.82) is 0 Å². The summed E-state index contributed by atoms with van der Waals surface area (Å²) in [5.41, 5.74) is 0.505. The zero-order chi connectivity index (χ0) is 21.3. The van der Waals surface area contributed by atoms with E-state index in [1.807, 2.05) is 0 Å². The molecule has 0 aliphatic carbocycles. The molecule has 0 radical (unpaired) electrons. The summed E-state index contributed by atoms with van der Waals surface area (Å²) in [6.45, 7) is 4.72. The predicted molar refractivity (Wildman–Crippen MR) is 106 cm³/mol. The monoisotopic (exact) mass is 440 g/mol. The van der Waals surface area contributed by atoms with Gasteiger partial charge in [0.1, 0.15) is 18.4 Å². The number of carbonyl (C=O) groups excluding carboxylic acids is 2. The topological polar surface area (TPSA) is 129 Å². The van der Waals surface area contributed by atoms with E-state index in [1.54, 1.807) is 24.3 Å². The van der Waals surface area contributed by atoms with Crippen LogP contribution in [0.25, 0.3) is 0 Å². The lowest BCUT2D eigenvalue weighted by Crippen LogP contribution is -2.68. The molecular weight excluding hydrogens is 416 g/mol. The Morgan fingerprint density at radius 1 is 1.27 bits per heavy atom. The minimum absolute atomic E-state index is 0.217. The third-order valence-electron chi connectivity index (χ3n) is 5.51. The summed E-state index contributed by atoms with van der Waals surface area (Å²) < 4.78 is 43.2. The number of hydrogen-bond donors (Lipinski definition) is 2. The number of amides is 3. The highest BCUT2D eigenvalue weighted by atomic mass is 32.2. The van der Waals surface area contributed by atoms with Gasteiger partial charge in [0.05, 0.1) is 19.3 Å². The van der Waals surface area contributed by atoms with Crippen LogP contribution < -0.4 is 10.1 Å². The lowest BCUT2D eigenvalue weighted by atomic mass is 10.0. The van der Waals surface area contributed by atoms with Crippen molar-refractivity contribution >= 4 is 27.9 Å². The van der Waals surface area contributed by atoms with Crippen LogP contribution in [0.2, 0.25) is 0 Å². The molecule has 30 heavy (non-hydrogen) atoms. The zero-order valence-corrected chi connectivity index (χ0v) is 17.1. The Morgan fingerprint density at radius 3 is 2.77 bits per heavy atom. The normalized spacial score (nSPS) is 24.4. The number of carbonyl (C=O) groups is 2. The van der Waals surface area contributed by atoms with E-state index in [0.717, 1.165) is 32.8 Å². The van der Waals surface area contributed by atoms with Gasteiger partial charge in [-0.2, -0.15) is 8.42 Å². The minimum atomic E-state index is -4.60. The molecule has 3 aliphatic rings. The highest BCUT2D eigenvalue weighted by Gasteiger charge is 2.60. The van der Waals surface area contributed by atoms with Gasteiger partial charge in [0, 0.05) is 37.9 Å². The average molecular weight is 440 g/mol. The molecule has 3 heterocycles. The molecule has 3 fully saturated rings. The smallest absolute Gasteiger partial charge is 0.362 e. The van der Waals surface area contributed by atoms with Gasteiger partial charge < -0.3 is 19.7 Å². The largest absolute Gasteiger partial charge is 0.492 e. The molecule has 0 spiro atoms. The summed E-state index contributed by atoms with van der Waals surface area (Å²) in [5, 5.41) is 2.72. The number of hydrogen-bond acceptors (Lipinski definition) is 7. The Morgan fingerprint density at radius 2 is 2.03 bits per heavy atom. The van der Waals surface area contributed by atoms with Crippen LogP contribution in [0, 0.1) is 0 Å². The first-order valence-corrected chi connectivity index (χ1v) is 11.2. The van der Waals surface area contributed by atoms with Gasteiger partial charge >= 0.3 is 16.3 Å². The second-order valence-corrected chi connectivity index (χ2v) is 8.66. The number of benzene rings is 1. The van der Waals surface area contributed by atoms with E-state index in [1.165, 1.54) is 4.90 Å². The molecule has 164 valence electrons. The van der Waals surface area contributed by atoms with Gasteiger partial charge in [-0.25, -0.2) is 9.10 Å². The highest BCUT2D eigenvalue weighted by molar-refractivity contribution is 7.84. The molecule has 2 N–H and O–H groups in total. The van der Waals surface area contributed by atoms with Crippen LogP contribution in [0.4, 0.5) is 10.5 Å². The van der Waals surface area contributed by atoms with Crippen molar-refractivity contribution in [1.82, 2.24) is 14.1 Å². The molecule has 1 aromatic carbocycles. The van der Waals surface area contributed by atoms with Gasteiger partial charge in [0.15, 0.2) is 0 Å². The maximum atomic E-state index is 12.6. The van der Waals surface area contributed by atoms with Crippen LogP contribution >= 0.6 is 0 Å². The first-order valence-electron chi connectivity index (χ1n) is 9.76. The van der Waals surface area contributed by atoms with Crippen molar-refractivity contribution in [2.45, 2.75) is 18.5 Å². The molecule has 0 unspecified atom stereocenters. The van der Waals surface area contributed by atoms with Crippen molar-refractivity contribution in [3.05, 3.63) is 24.3 Å².